The van der Waals surface area contributed by atoms with E-state index in [1.54, 1.807) is 6.33 Å². The van der Waals surface area contributed by atoms with E-state index < -0.39 is 0 Å². The highest BCUT2D eigenvalue weighted by atomic mass is 16.5. The highest BCUT2D eigenvalue weighted by Gasteiger charge is 2.23. The molecule has 0 bridgehead atoms. The number of benzene rings is 2. The Morgan fingerprint density at radius 2 is 1.92 bits per heavy atom. The largest absolute Gasteiger partial charge is 0.490 e. The van der Waals surface area contributed by atoms with Crippen LogP contribution in [0.3, 0.4) is 0 Å². The van der Waals surface area contributed by atoms with Crippen molar-refractivity contribution in [2.24, 2.45) is 0 Å². The summed E-state index contributed by atoms with van der Waals surface area (Å²) in [4.78, 5) is 11.9. The minimum Gasteiger partial charge on any atom is -0.490 e. The van der Waals surface area contributed by atoms with Crippen molar-refractivity contribution in [3.8, 4) is 16.9 Å². The van der Waals surface area contributed by atoms with Crippen LogP contribution in [-0.2, 0) is 0 Å². The van der Waals surface area contributed by atoms with Crippen LogP contribution in [0, 0.1) is 0 Å². The number of hydrogen-bond donors (Lipinski definition) is 2. The predicted molar refractivity (Wildman–Crippen MR) is 100 cm³/mol. The Labute approximate surface area is 145 Å². The topological polar surface area (TPSA) is 62.8 Å². The maximum Gasteiger partial charge on any atom is 0.143 e. The molecule has 1 aliphatic carbocycles. The van der Waals surface area contributed by atoms with Crippen molar-refractivity contribution in [1.29, 1.82) is 0 Å². The van der Waals surface area contributed by atoms with E-state index in [4.69, 9.17) is 4.74 Å². The highest BCUT2D eigenvalue weighted by molar-refractivity contribution is 6.02. The summed E-state index contributed by atoms with van der Waals surface area (Å²) in [6, 6.07) is 12.8. The fourth-order valence-electron chi connectivity index (χ4n) is 3.22. The van der Waals surface area contributed by atoms with Gasteiger partial charge in [-0.2, -0.15) is 0 Å². The van der Waals surface area contributed by atoms with Gasteiger partial charge in [0.1, 0.15) is 23.5 Å². The molecule has 0 atom stereocenters. The SMILES string of the molecule is CNc1ncnc2[nH]cc(-c3ccc4cc(OC5CC5)ccc4c3)c12. The molecule has 5 nitrogen and oxygen atoms in total. The number of nitrogens with one attached hydrogen (secondary N) is 2. The molecular formula is C20H18N4O. The molecule has 2 aromatic heterocycles. The third-order valence-electron chi connectivity index (χ3n) is 4.66. The summed E-state index contributed by atoms with van der Waals surface area (Å²) in [6.45, 7) is 0. The quantitative estimate of drug-likeness (QED) is 0.583. The summed E-state index contributed by atoms with van der Waals surface area (Å²) in [5, 5.41) is 6.54. The second-order valence-corrected chi connectivity index (χ2v) is 6.44. The summed E-state index contributed by atoms with van der Waals surface area (Å²) in [6.07, 6.45) is 6.33. The Balaban J connectivity index is 1.61. The van der Waals surface area contributed by atoms with Crippen LogP contribution in [0.4, 0.5) is 5.82 Å². The number of nitrogens with zero attached hydrogens (tertiary/aromatic N) is 2. The maximum absolute atomic E-state index is 5.89. The molecule has 124 valence electrons. The molecule has 0 spiro atoms. The van der Waals surface area contributed by atoms with E-state index >= 15 is 0 Å². The summed E-state index contributed by atoms with van der Waals surface area (Å²) in [5.74, 6) is 1.79. The minimum atomic E-state index is 0.419. The van der Waals surface area contributed by atoms with Gasteiger partial charge in [-0.3, -0.25) is 0 Å². The maximum atomic E-state index is 5.89. The molecule has 0 radical (unpaired) electrons. The van der Waals surface area contributed by atoms with Crippen molar-refractivity contribution in [1.82, 2.24) is 15.0 Å². The number of H-pyrrole nitrogens is 1. The first-order valence-corrected chi connectivity index (χ1v) is 8.52. The average Bonchev–Trinajstić information content (AvgIpc) is 3.36. The van der Waals surface area contributed by atoms with E-state index in [0.717, 1.165) is 33.7 Å². The van der Waals surface area contributed by atoms with Crippen LogP contribution in [0.1, 0.15) is 12.8 Å². The Morgan fingerprint density at radius 1 is 1.08 bits per heavy atom. The number of rotatable bonds is 4. The first-order chi connectivity index (χ1) is 12.3. The molecule has 0 amide bonds. The minimum absolute atomic E-state index is 0.419. The summed E-state index contributed by atoms with van der Waals surface area (Å²) < 4.78 is 5.89. The van der Waals surface area contributed by atoms with Crippen molar-refractivity contribution in [2.45, 2.75) is 18.9 Å². The third-order valence-corrected chi connectivity index (χ3v) is 4.66. The highest BCUT2D eigenvalue weighted by Crippen LogP contribution is 2.34. The van der Waals surface area contributed by atoms with E-state index in [1.165, 1.54) is 23.6 Å². The van der Waals surface area contributed by atoms with Gasteiger partial charge in [0, 0.05) is 18.8 Å². The average molecular weight is 330 g/mol. The van der Waals surface area contributed by atoms with Crippen molar-refractivity contribution in [3.63, 3.8) is 0 Å². The van der Waals surface area contributed by atoms with Gasteiger partial charge in [0.15, 0.2) is 0 Å². The Morgan fingerprint density at radius 3 is 2.76 bits per heavy atom. The fraction of sp³-hybridized carbons (Fsp3) is 0.200. The van der Waals surface area contributed by atoms with E-state index in [0.29, 0.717) is 6.10 Å². The van der Waals surface area contributed by atoms with Crippen LogP contribution in [0.5, 0.6) is 5.75 Å². The monoisotopic (exact) mass is 330 g/mol. The van der Waals surface area contributed by atoms with Gasteiger partial charge in [0.25, 0.3) is 0 Å². The van der Waals surface area contributed by atoms with Crippen LogP contribution in [-0.4, -0.2) is 28.1 Å². The lowest BCUT2D eigenvalue weighted by Crippen LogP contribution is -1.95. The lowest BCUT2D eigenvalue weighted by Gasteiger charge is -2.08. The smallest absolute Gasteiger partial charge is 0.143 e. The number of aromatic nitrogens is 3. The first-order valence-electron chi connectivity index (χ1n) is 8.52. The normalized spacial score (nSPS) is 14.1. The molecule has 2 aromatic carbocycles. The fourth-order valence-corrected chi connectivity index (χ4v) is 3.22. The third kappa shape index (κ3) is 2.48. The summed E-state index contributed by atoms with van der Waals surface area (Å²) in [7, 11) is 1.88. The zero-order valence-corrected chi connectivity index (χ0v) is 13.9. The molecule has 5 heteroatoms. The van der Waals surface area contributed by atoms with Gasteiger partial charge in [-0.1, -0.05) is 18.2 Å². The van der Waals surface area contributed by atoms with Crippen LogP contribution >= 0.6 is 0 Å². The lowest BCUT2D eigenvalue weighted by atomic mass is 10.0. The molecule has 0 unspecified atom stereocenters. The molecule has 2 N–H and O–H groups in total. The standard InChI is InChI=1S/C20H18N4O/c1-21-19-18-17(10-22-20(18)24-11-23-19)14-3-2-13-9-16(25-15-6-7-15)5-4-12(13)8-14/h2-5,8-11,15H,6-7H2,1H3,(H2,21,22,23,24). The molecule has 5 rings (SSSR count). The van der Waals surface area contributed by atoms with Crippen molar-refractivity contribution < 1.29 is 4.74 Å². The lowest BCUT2D eigenvalue weighted by molar-refractivity contribution is 0.303. The van der Waals surface area contributed by atoms with Crippen molar-refractivity contribution >= 4 is 27.6 Å². The Hall–Kier alpha value is -3.08. The molecule has 4 aromatic rings. The summed E-state index contributed by atoms with van der Waals surface area (Å²) in [5.41, 5.74) is 3.07. The van der Waals surface area contributed by atoms with Gasteiger partial charge in [-0.25, -0.2) is 9.97 Å². The molecule has 1 fully saturated rings. The molecule has 0 aliphatic heterocycles. The van der Waals surface area contributed by atoms with Gasteiger partial charge >= 0.3 is 0 Å². The van der Waals surface area contributed by atoms with Crippen LogP contribution in [0.25, 0.3) is 32.9 Å². The Bertz CT molecular complexity index is 1080. The van der Waals surface area contributed by atoms with Crippen LogP contribution in [0.2, 0.25) is 0 Å². The summed E-state index contributed by atoms with van der Waals surface area (Å²) >= 11 is 0. The van der Waals surface area contributed by atoms with E-state index in [9.17, 15) is 0 Å². The van der Waals surface area contributed by atoms with E-state index in [2.05, 4.69) is 56.7 Å². The van der Waals surface area contributed by atoms with Crippen molar-refractivity contribution in [3.05, 3.63) is 48.9 Å². The van der Waals surface area contributed by atoms with Crippen LogP contribution in [0.15, 0.2) is 48.9 Å². The number of anilines is 1. The second-order valence-electron chi connectivity index (χ2n) is 6.44. The molecule has 25 heavy (non-hydrogen) atoms. The van der Waals surface area contributed by atoms with Gasteiger partial charge in [-0.05, 0) is 47.4 Å². The van der Waals surface area contributed by atoms with Gasteiger partial charge in [0.05, 0.1) is 11.5 Å². The number of fused-ring (bicyclic) bond motifs is 2. The van der Waals surface area contributed by atoms with Crippen LogP contribution < -0.4 is 10.1 Å². The van der Waals surface area contributed by atoms with E-state index in [1.807, 2.05) is 13.2 Å². The first kappa shape index (κ1) is 14.3. The molecule has 1 aliphatic rings. The molecule has 1 saturated carbocycles. The van der Waals surface area contributed by atoms with E-state index in [-0.39, 0.29) is 0 Å². The van der Waals surface area contributed by atoms with Gasteiger partial charge in [0.2, 0.25) is 0 Å². The number of aromatic amines is 1. The predicted octanol–water partition coefficient (Wildman–Crippen LogP) is 4.36. The molecule has 2 heterocycles. The second kappa shape index (κ2) is 5.48. The van der Waals surface area contributed by atoms with Gasteiger partial charge in [-0.15, -0.1) is 0 Å². The Kier molecular flexibility index (Phi) is 3.13. The number of ether oxygens (including phenoxy) is 1. The zero-order chi connectivity index (χ0) is 16.8. The molecular weight excluding hydrogens is 312 g/mol. The number of hydrogen-bond acceptors (Lipinski definition) is 4. The zero-order valence-electron chi connectivity index (χ0n) is 13.9. The molecule has 0 saturated heterocycles. The van der Waals surface area contributed by atoms with Gasteiger partial charge < -0.3 is 15.0 Å². The van der Waals surface area contributed by atoms with Crippen molar-refractivity contribution in [2.75, 3.05) is 12.4 Å².